The molecule has 1 fully saturated rings. The van der Waals surface area contributed by atoms with E-state index in [2.05, 4.69) is 33.8 Å². The van der Waals surface area contributed by atoms with Gasteiger partial charge < -0.3 is 9.84 Å². The molecule has 1 aromatic rings. The van der Waals surface area contributed by atoms with Gasteiger partial charge in [0, 0.05) is 11.5 Å². The molecule has 1 heterocycles. The lowest BCUT2D eigenvalue weighted by Crippen LogP contribution is -2.36. The van der Waals surface area contributed by atoms with E-state index < -0.39 is 0 Å². The molecule has 3 rings (SSSR count). The highest BCUT2D eigenvalue weighted by Gasteiger charge is 2.41. The Morgan fingerprint density at radius 1 is 1.22 bits per heavy atom. The first kappa shape index (κ1) is 16.4. The summed E-state index contributed by atoms with van der Waals surface area (Å²) in [6, 6.07) is 4.16. The number of ether oxygens (including phenoxy) is 1. The number of unbranched alkanes of at least 4 members (excludes halogenated alkanes) is 2. The van der Waals surface area contributed by atoms with E-state index in [0.717, 1.165) is 30.6 Å². The summed E-state index contributed by atoms with van der Waals surface area (Å²) in [5.41, 5.74) is 5.00. The molecule has 0 amide bonds. The van der Waals surface area contributed by atoms with E-state index in [0.29, 0.717) is 17.6 Å². The molecule has 0 saturated heterocycles. The fourth-order valence-corrected chi connectivity index (χ4v) is 4.39. The van der Waals surface area contributed by atoms with Gasteiger partial charge in [-0.25, -0.2) is 0 Å². The van der Waals surface area contributed by atoms with E-state index in [-0.39, 0.29) is 6.10 Å². The molecule has 0 aromatic heterocycles. The summed E-state index contributed by atoms with van der Waals surface area (Å²) >= 11 is 0. The minimum Gasteiger partial charge on any atom is -0.507 e. The van der Waals surface area contributed by atoms with Gasteiger partial charge in [0.25, 0.3) is 0 Å². The fourth-order valence-electron chi connectivity index (χ4n) is 4.39. The van der Waals surface area contributed by atoms with Crippen LogP contribution in [-0.4, -0.2) is 11.2 Å². The molecule has 1 aromatic carbocycles. The van der Waals surface area contributed by atoms with Crippen molar-refractivity contribution in [2.24, 2.45) is 5.92 Å². The smallest absolute Gasteiger partial charge is 0.128 e. The van der Waals surface area contributed by atoms with Crippen LogP contribution in [0.25, 0.3) is 0 Å². The SMILES string of the molecule is CCCCCc1cc(O)c2c(c1)O[C@H]1C[C@@H](C)C[C@@H]2C1=C(C)C. The van der Waals surface area contributed by atoms with Crippen molar-refractivity contribution < 1.29 is 9.84 Å². The first-order chi connectivity index (χ1) is 11.0. The Morgan fingerprint density at radius 2 is 2.00 bits per heavy atom. The maximum atomic E-state index is 10.7. The maximum Gasteiger partial charge on any atom is 0.128 e. The average Bonchev–Trinajstić information content (AvgIpc) is 2.45. The van der Waals surface area contributed by atoms with Crippen LogP contribution in [0.15, 0.2) is 23.3 Å². The first-order valence-corrected chi connectivity index (χ1v) is 9.21. The van der Waals surface area contributed by atoms with Crippen LogP contribution in [0, 0.1) is 5.92 Å². The summed E-state index contributed by atoms with van der Waals surface area (Å²) in [5, 5.41) is 10.7. The molecule has 126 valence electrons. The summed E-state index contributed by atoms with van der Waals surface area (Å²) in [5.74, 6) is 2.35. The zero-order valence-electron chi connectivity index (χ0n) is 15.0. The Morgan fingerprint density at radius 3 is 2.70 bits per heavy atom. The van der Waals surface area contributed by atoms with Crippen molar-refractivity contribution in [1.29, 1.82) is 0 Å². The van der Waals surface area contributed by atoms with Gasteiger partial charge in [-0.05, 0) is 68.7 Å². The molecule has 2 heteroatoms. The van der Waals surface area contributed by atoms with E-state index in [1.54, 1.807) is 0 Å². The van der Waals surface area contributed by atoms with Crippen molar-refractivity contribution in [3.05, 3.63) is 34.4 Å². The zero-order chi connectivity index (χ0) is 16.6. The van der Waals surface area contributed by atoms with Gasteiger partial charge in [0.2, 0.25) is 0 Å². The van der Waals surface area contributed by atoms with Crippen molar-refractivity contribution in [1.82, 2.24) is 0 Å². The Kier molecular flexibility index (Phi) is 4.70. The molecule has 1 saturated carbocycles. The van der Waals surface area contributed by atoms with E-state index >= 15 is 0 Å². The molecule has 1 aliphatic heterocycles. The predicted molar refractivity (Wildman–Crippen MR) is 95.3 cm³/mol. The minimum absolute atomic E-state index is 0.201. The summed E-state index contributed by atoms with van der Waals surface area (Å²) < 4.78 is 6.36. The molecular weight excluding hydrogens is 284 g/mol. The van der Waals surface area contributed by atoms with Gasteiger partial charge in [-0.3, -0.25) is 0 Å². The number of phenols is 1. The van der Waals surface area contributed by atoms with Crippen LogP contribution in [0.4, 0.5) is 0 Å². The molecular formula is C21H30O2. The Labute approximate surface area is 140 Å². The van der Waals surface area contributed by atoms with Gasteiger partial charge in [-0.1, -0.05) is 32.3 Å². The first-order valence-electron chi connectivity index (χ1n) is 9.21. The zero-order valence-corrected chi connectivity index (χ0v) is 15.0. The Balaban J connectivity index is 1.98. The number of aromatic hydroxyl groups is 1. The van der Waals surface area contributed by atoms with Gasteiger partial charge in [0.15, 0.2) is 0 Å². The summed E-state index contributed by atoms with van der Waals surface area (Å²) in [6.07, 6.45) is 7.08. The number of hydrogen-bond donors (Lipinski definition) is 1. The molecule has 2 aliphatic rings. The highest BCUT2D eigenvalue weighted by Crippen LogP contribution is 2.53. The summed E-state index contributed by atoms with van der Waals surface area (Å²) in [7, 11) is 0. The summed E-state index contributed by atoms with van der Waals surface area (Å²) in [4.78, 5) is 0. The topological polar surface area (TPSA) is 29.5 Å². The number of hydrogen-bond acceptors (Lipinski definition) is 2. The number of phenolic OH excluding ortho intramolecular Hbond substituents is 1. The number of aryl methyl sites for hydroxylation is 1. The molecule has 1 aliphatic carbocycles. The molecule has 0 radical (unpaired) electrons. The van der Waals surface area contributed by atoms with Crippen LogP contribution < -0.4 is 4.74 Å². The highest BCUT2D eigenvalue weighted by atomic mass is 16.5. The molecule has 0 spiro atoms. The van der Waals surface area contributed by atoms with Crippen molar-refractivity contribution in [3.63, 3.8) is 0 Å². The van der Waals surface area contributed by atoms with Crippen molar-refractivity contribution in [3.8, 4) is 11.5 Å². The monoisotopic (exact) mass is 314 g/mol. The van der Waals surface area contributed by atoms with Crippen molar-refractivity contribution in [2.75, 3.05) is 0 Å². The third kappa shape index (κ3) is 3.13. The van der Waals surface area contributed by atoms with Crippen LogP contribution in [-0.2, 0) is 6.42 Å². The van der Waals surface area contributed by atoms with E-state index in [1.807, 2.05) is 6.07 Å². The molecule has 23 heavy (non-hydrogen) atoms. The Hall–Kier alpha value is -1.44. The van der Waals surface area contributed by atoms with Crippen LogP contribution >= 0.6 is 0 Å². The van der Waals surface area contributed by atoms with Gasteiger partial charge in [0.1, 0.15) is 17.6 Å². The molecule has 2 nitrogen and oxygen atoms in total. The second kappa shape index (κ2) is 6.59. The van der Waals surface area contributed by atoms with Gasteiger partial charge in [0.05, 0.1) is 0 Å². The summed E-state index contributed by atoms with van der Waals surface area (Å²) in [6.45, 7) is 8.87. The largest absolute Gasteiger partial charge is 0.507 e. The normalized spacial score (nSPS) is 25.7. The van der Waals surface area contributed by atoms with Gasteiger partial charge in [-0.2, -0.15) is 0 Å². The van der Waals surface area contributed by atoms with Gasteiger partial charge >= 0.3 is 0 Å². The number of rotatable bonds is 4. The van der Waals surface area contributed by atoms with Crippen LogP contribution in [0.5, 0.6) is 11.5 Å². The van der Waals surface area contributed by atoms with Crippen molar-refractivity contribution in [2.45, 2.75) is 78.2 Å². The molecule has 3 atom stereocenters. The third-order valence-corrected chi connectivity index (χ3v) is 5.42. The lowest BCUT2D eigenvalue weighted by atomic mass is 9.70. The van der Waals surface area contributed by atoms with Crippen LogP contribution in [0.3, 0.4) is 0 Å². The number of fused-ring (bicyclic) bond motifs is 4. The average molecular weight is 314 g/mol. The van der Waals surface area contributed by atoms with Crippen LogP contribution in [0.1, 0.15) is 76.8 Å². The molecule has 1 N–H and O–H groups in total. The maximum absolute atomic E-state index is 10.7. The lowest BCUT2D eigenvalue weighted by molar-refractivity contribution is 0.143. The second-order valence-corrected chi connectivity index (χ2v) is 7.67. The third-order valence-electron chi connectivity index (χ3n) is 5.42. The lowest BCUT2D eigenvalue weighted by Gasteiger charge is -2.43. The number of benzene rings is 1. The second-order valence-electron chi connectivity index (χ2n) is 7.67. The number of allylic oxidation sites excluding steroid dienone is 1. The van der Waals surface area contributed by atoms with E-state index in [9.17, 15) is 5.11 Å². The predicted octanol–water partition coefficient (Wildman–Crippen LogP) is 5.74. The van der Waals surface area contributed by atoms with Crippen molar-refractivity contribution >= 4 is 0 Å². The van der Waals surface area contributed by atoms with Gasteiger partial charge in [-0.15, -0.1) is 0 Å². The molecule has 0 unspecified atom stereocenters. The highest BCUT2D eigenvalue weighted by molar-refractivity contribution is 5.56. The quantitative estimate of drug-likeness (QED) is 0.567. The van der Waals surface area contributed by atoms with E-state index in [1.165, 1.54) is 36.0 Å². The van der Waals surface area contributed by atoms with Crippen LogP contribution in [0.2, 0.25) is 0 Å². The Bertz CT molecular complexity index is 611. The minimum atomic E-state index is 0.201. The van der Waals surface area contributed by atoms with E-state index in [4.69, 9.17) is 4.74 Å². The molecule has 2 bridgehead atoms. The standard InChI is InChI=1S/C21H30O2/c1-5-6-7-8-15-11-17(22)21-16-9-14(4)10-18(20(16)13(2)3)23-19(21)12-15/h11-12,14,16,18,22H,5-10H2,1-4H3/t14-,16+,18-/m0/s1. The fraction of sp³-hybridized carbons (Fsp3) is 0.619.